The van der Waals surface area contributed by atoms with Crippen molar-refractivity contribution in [1.82, 2.24) is 19.8 Å². The molecule has 156 valence electrons. The van der Waals surface area contributed by atoms with Gasteiger partial charge in [0.15, 0.2) is 0 Å². The van der Waals surface area contributed by atoms with Crippen molar-refractivity contribution in [1.29, 1.82) is 5.26 Å². The Labute approximate surface area is 178 Å². The first-order valence-corrected chi connectivity index (χ1v) is 9.40. The summed E-state index contributed by atoms with van der Waals surface area (Å²) in [7, 11) is 4.76. The zero-order valence-electron chi connectivity index (χ0n) is 17.3. The van der Waals surface area contributed by atoms with Crippen LogP contribution in [0, 0.1) is 11.3 Å². The number of hydroxylamine groups is 2. The van der Waals surface area contributed by atoms with Crippen LogP contribution in [0.3, 0.4) is 0 Å². The number of aryl methyl sites for hydroxylation is 1. The summed E-state index contributed by atoms with van der Waals surface area (Å²) in [6.45, 7) is 0.142. The molecule has 0 bridgehead atoms. The molecule has 0 fully saturated rings. The summed E-state index contributed by atoms with van der Waals surface area (Å²) in [6.07, 6.45) is 1.66. The van der Waals surface area contributed by atoms with Crippen LogP contribution >= 0.6 is 0 Å². The van der Waals surface area contributed by atoms with E-state index in [0.29, 0.717) is 33.8 Å². The maximum Gasteiger partial charge on any atom is 0.277 e. The molecule has 31 heavy (non-hydrogen) atoms. The summed E-state index contributed by atoms with van der Waals surface area (Å²) in [4.78, 5) is 23.0. The van der Waals surface area contributed by atoms with Crippen molar-refractivity contribution in [2.75, 3.05) is 20.0 Å². The number of anilines is 1. The lowest BCUT2D eigenvalue weighted by Crippen LogP contribution is -2.29. The van der Waals surface area contributed by atoms with Gasteiger partial charge >= 0.3 is 0 Å². The van der Waals surface area contributed by atoms with E-state index in [2.05, 4.69) is 16.2 Å². The van der Waals surface area contributed by atoms with Gasteiger partial charge < -0.3 is 10.5 Å². The standard InChI is InChI=1S/C22H20N6O3/c1-27-20-16-9-14(6-7-18(16)26-21(24)17(20)11-25-27)22(29)28(31-3)12-15-5-4-13(10-23)8-19(15)30-2/h4-9,11H,12H2,1-3H3,(H2,24,26). The molecule has 0 radical (unpaired) electrons. The van der Waals surface area contributed by atoms with Gasteiger partial charge in [-0.25, -0.2) is 10.0 Å². The number of amides is 1. The monoisotopic (exact) mass is 416 g/mol. The number of nitrogens with zero attached hydrogens (tertiary/aromatic N) is 5. The Morgan fingerprint density at radius 1 is 1.23 bits per heavy atom. The lowest BCUT2D eigenvalue weighted by molar-refractivity contribution is -0.102. The fourth-order valence-corrected chi connectivity index (χ4v) is 3.55. The minimum atomic E-state index is -0.331. The van der Waals surface area contributed by atoms with E-state index in [0.717, 1.165) is 16.3 Å². The molecule has 1 amide bonds. The summed E-state index contributed by atoms with van der Waals surface area (Å²) < 4.78 is 7.07. The Kier molecular flexibility index (Phi) is 5.15. The summed E-state index contributed by atoms with van der Waals surface area (Å²) in [5.41, 5.74) is 9.12. The number of fused-ring (bicyclic) bond motifs is 3. The fourth-order valence-electron chi connectivity index (χ4n) is 3.55. The molecular formula is C22H20N6O3. The number of carbonyl (C=O) groups excluding carboxylic acids is 1. The molecule has 2 aromatic heterocycles. The first kappa shape index (κ1) is 20.1. The predicted molar refractivity (Wildman–Crippen MR) is 115 cm³/mol. The number of rotatable bonds is 5. The van der Waals surface area contributed by atoms with Gasteiger partial charge in [0, 0.05) is 23.6 Å². The predicted octanol–water partition coefficient (Wildman–Crippen LogP) is 2.79. The molecule has 2 N–H and O–H groups in total. The zero-order valence-corrected chi connectivity index (χ0v) is 17.3. The second-order valence-electron chi connectivity index (χ2n) is 6.92. The van der Waals surface area contributed by atoms with Gasteiger partial charge in [-0.2, -0.15) is 10.4 Å². The molecule has 2 heterocycles. The van der Waals surface area contributed by atoms with E-state index >= 15 is 0 Å². The lowest BCUT2D eigenvalue weighted by atomic mass is 10.1. The summed E-state index contributed by atoms with van der Waals surface area (Å²) in [6, 6.07) is 12.3. The van der Waals surface area contributed by atoms with Crippen molar-refractivity contribution in [2.45, 2.75) is 6.54 Å². The third kappa shape index (κ3) is 3.49. The van der Waals surface area contributed by atoms with Gasteiger partial charge in [-0.3, -0.25) is 14.3 Å². The van der Waals surface area contributed by atoms with Gasteiger partial charge in [0.2, 0.25) is 0 Å². The molecule has 4 aromatic rings. The van der Waals surface area contributed by atoms with Crippen LogP contribution in [0.5, 0.6) is 5.75 Å². The Morgan fingerprint density at radius 3 is 2.74 bits per heavy atom. The number of benzene rings is 2. The molecule has 0 spiro atoms. The van der Waals surface area contributed by atoms with Crippen molar-refractivity contribution in [3.8, 4) is 11.8 Å². The van der Waals surface area contributed by atoms with E-state index in [-0.39, 0.29) is 12.5 Å². The average molecular weight is 416 g/mol. The zero-order chi connectivity index (χ0) is 22.1. The second-order valence-corrected chi connectivity index (χ2v) is 6.92. The highest BCUT2D eigenvalue weighted by Crippen LogP contribution is 2.29. The third-order valence-electron chi connectivity index (χ3n) is 5.13. The summed E-state index contributed by atoms with van der Waals surface area (Å²) >= 11 is 0. The topological polar surface area (TPSA) is 119 Å². The van der Waals surface area contributed by atoms with E-state index in [9.17, 15) is 4.79 Å². The first-order valence-electron chi connectivity index (χ1n) is 9.40. The Hall–Kier alpha value is -4.16. The Morgan fingerprint density at radius 2 is 2.03 bits per heavy atom. The summed E-state index contributed by atoms with van der Waals surface area (Å²) in [5.74, 6) is 0.563. The van der Waals surface area contributed by atoms with Crippen LogP contribution in [0.2, 0.25) is 0 Å². The number of methoxy groups -OCH3 is 1. The van der Waals surface area contributed by atoms with Crippen LogP contribution in [0.25, 0.3) is 21.8 Å². The van der Waals surface area contributed by atoms with Crippen LogP contribution in [0.4, 0.5) is 5.82 Å². The van der Waals surface area contributed by atoms with Gasteiger partial charge in [0.1, 0.15) is 11.6 Å². The van der Waals surface area contributed by atoms with E-state index < -0.39 is 0 Å². The number of nitrogen functional groups attached to an aromatic ring is 1. The molecule has 0 atom stereocenters. The Balaban J connectivity index is 1.72. The largest absolute Gasteiger partial charge is 0.496 e. The molecule has 0 saturated heterocycles. The third-order valence-corrected chi connectivity index (χ3v) is 5.13. The fraction of sp³-hybridized carbons (Fsp3) is 0.182. The van der Waals surface area contributed by atoms with Crippen molar-refractivity contribution in [3.05, 3.63) is 59.3 Å². The molecular weight excluding hydrogens is 396 g/mol. The van der Waals surface area contributed by atoms with Crippen molar-refractivity contribution in [2.24, 2.45) is 7.05 Å². The molecule has 9 heteroatoms. The minimum Gasteiger partial charge on any atom is -0.496 e. The minimum absolute atomic E-state index is 0.142. The maximum absolute atomic E-state index is 13.2. The van der Waals surface area contributed by atoms with Crippen LogP contribution in [0.1, 0.15) is 21.5 Å². The van der Waals surface area contributed by atoms with E-state index in [4.69, 9.17) is 20.6 Å². The van der Waals surface area contributed by atoms with Gasteiger partial charge in [-0.05, 0) is 30.3 Å². The van der Waals surface area contributed by atoms with Gasteiger partial charge in [0.25, 0.3) is 5.91 Å². The van der Waals surface area contributed by atoms with Crippen LogP contribution in [-0.4, -0.2) is 40.0 Å². The molecule has 9 nitrogen and oxygen atoms in total. The number of hydrogen-bond donors (Lipinski definition) is 1. The van der Waals surface area contributed by atoms with Gasteiger partial charge in [0.05, 0.1) is 55.0 Å². The molecule has 0 unspecified atom stereocenters. The normalized spacial score (nSPS) is 10.9. The molecule has 0 aliphatic heterocycles. The highest BCUT2D eigenvalue weighted by Gasteiger charge is 2.20. The van der Waals surface area contributed by atoms with Crippen LogP contribution in [0.15, 0.2) is 42.6 Å². The Bertz CT molecular complexity index is 1360. The lowest BCUT2D eigenvalue weighted by Gasteiger charge is -2.21. The average Bonchev–Trinajstić information content (AvgIpc) is 3.19. The number of aromatic nitrogens is 3. The number of carbonyl (C=O) groups is 1. The van der Waals surface area contributed by atoms with E-state index in [1.807, 2.05) is 7.05 Å². The number of nitrogens with two attached hydrogens (primary N) is 1. The second kappa shape index (κ2) is 7.93. The van der Waals surface area contributed by atoms with Crippen molar-refractivity contribution >= 4 is 33.5 Å². The van der Waals surface area contributed by atoms with E-state index in [1.54, 1.807) is 47.3 Å². The first-order chi connectivity index (χ1) is 15.0. The number of pyridine rings is 1. The molecule has 0 saturated carbocycles. The molecule has 2 aromatic carbocycles. The van der Waals surface area contributed by atoms with Gasteiger partial charge in [-0.1, -0.05) is 6.07 Å². The number of nitriles is 1. The highest BCUT2D eigenvalue weighted by molar-refractivity contribution is 6.10. The SMILES string of the molecule is COc1cc(C#N)ccc1CN(OC)C(=O)c1ccc2nc(N)c3cnn(C)c3c2c1. The van der Waals surface area contributed by atoms with E-state index in [1.165, 1.54) is 19.3 Å². The van der Waals surface area contributed by atoms with Crippen molar-refractivity contribution < 1.29 is 14.4 Å². The molecule has 4 rings (SSSR count). The maximum atomic E-state index is 13.2. The molecule has 0 aliphatic carbocycles. The van der Waals surface area contributed by atoms with Gasteiger partial charge in [-0.15, -0.1) is 0 Å². The summed E-state index contributed by atoms with van der Waals surface area (Å²) in [5, 5.41) is 16.1. The van der Waals surface area contributed by atoms with Crippen LogP contribution in [-0.2, 0) is 18.4 Å². The van der Waals surface area contributed by atoms with Crippen molar-refractivity contribution in [3.63, 3.8) is 0 Å². The quantitative estimate of drug-likeness (QED) is 0.497. The number of hydrogen-bond acceptors (Lipinski definition) is 7. The van der Waals surface area contributed by atoms with Crippen LogP contribution < -0.4 is 10.5 Å². The highest BCUT2D eigenvalue weighted by atomic mass is 16.7. The smallest absolute Gasteiger partial charge is 0.277 e. The molecule has 0 aliphatic rings. The number of ether oxygens (including phenoxy) is 1.